The van der Waals surface area contributed by atoms with Crippen LogP contribution in [0.3, 0.4) is 0 Å². The number of rotatable bonds is 5. The van der Waals surface area contributed by atoms with Crippen LogP contribution in [-0.4, -0.2) is 16.3 Å². The van der Waals surface area contributed by atoms with Gasteiger partial charge in [0.15, 0.2) is 0 Å². The Morgan fingerprint density at radius 3 is 2.89 bits per heavy atom. The summed E-state index contributed by atoms with van der Waals surface area (Å²) in [6, 6.07) is 6.15. The van der Waals surface area contributed by atoms with Gasteiger partial charge >= 0.3 is 0 Å². The van der Waals surface area contributed by atoms with Gasteiger partial charge in [0.05, 0.1) is 6.20 Å². The summed E-state index contributed by atoms with van der Waals surface area (Å²) >= 11 is 9.82. The van der Waals surface area contributed by atoms with Crippen molar-refractivity contribution in [3.8, 4) is 0 Å². The van der Waals surface area contributed by atoms with Crippen molar-refractivity contribution in [2.45, 2.75) is 19.4 Å². The second-order valence-electron chi connectivity index (χ2n) is 4.50. The highest BCUT2D eigenvalue weighted by Crippen LogP contribution is 2.28. The Balaban J connectivity index is 2.26. The van der Waals surface area contributed by atoms with E-state index < -0.39 is 0 Å². The van der Waals surface area contributed by atoms with Crippen molar-refractivity contribution in [3.63, 3.8) is 0 Å². The van der Waals surface area contributed by atoms with E-state index in [1.54, 1.807) is 0 Å². The summed E-state index contributed by atoms with van der Waals surface area (Å²) in [5, 5.41) is 8.48. The minimum Gasteiger partial charge on any atom is -0.310 e. The van der Waals surface area contributed by atoms with Crippen molar-refractivity contribution in [2.24, 2.45) is 7.05 Å². The largest absolute Gasteiger partial charge is 0.310 e. The van der Waals surface area contributed by atoms with Crippen molar-refractivity contribution in [2.75, 3.05) is 6.54 Å². The van der Waals surface area contributed by atoms with Crippen LogP contribution in [0.5, 0.6) is 0 Å². The van der Waals surface area contributed by atoms with E-state index >= 15 is 0 Å². The van der Waals surface area contributed by atoms with Gasteiger partial charge in [0.1, 0.15) is 0 Å². The molecule has 102 valence electrons. The quantitative estimate of drug-likeness (QED) is 0.897. The number of hydrogen-bond donors (Lipinski definition) is 1. The lowest BCUT2D eigenvalue weighted by Crippen LogP contribution is -2.23. The molecule has 5 heteroatoms. The second kappa shape index (κ2) is 6.55. The van der Waals surface area contributed by atoms with E-state index in [2.05, 4.69) is 39.3 Å². The lowest BCUT2D eigenvalue weighted by molar-refractivity contribution is 0.549. The molecule has 0 aliphatic heterocycles. The maximum Gasteiger partial charge on any atom is 0.0522 e. The van der Waals surface area contributed by atoms with E-state index in [-0.39, 0.29) is 6.04 Å². The molecule has 1 aromatic heterocycles. The summed E-state index contributed by atoms with van der Waals surface area (Å²) in [7, 11) is 1.93. The molecule has 2 aromatic rings. The van der Waals surface area contributed by atoms with Gasteiger partial charge in [-0.25, -0.2) is 0 Å². The van der Waals surface area contributed by atoms with Gasteiger partial charge < -0.3 is 5.32 Å². The van der Waals surface area contributed by atoms with E-state index in [9.17, 15) is 0 Å². The Morgan fingerprint density at radius 2 is 2.26 bits per heavy atom. The zero-order valence-corrected chi connectivity index (χ0v) is 13.4. The smallest absolute Gasteiger partial charge is 0.0522 e. The number of aryl methyl sites for hydroxylation is 1. The zero-order valence-electron chi connectivity index (χ0n) is 11.0. The first-order valence-corrected chi connectivity index (χ1v) is 7.43. The van der Waals surface area contributed by atoms with Crippen LogP contribution in [0.15, 0.2) is 35.1 Å². The van der Waals surface area contributed by atoms with Crippen molar-refractivity contribution in [1.29, 1.82) is 0 Å². The van der Waals surface area contributed by atoms with Gasteiger partial charge in [-0.05, 0) is 42.3 Å². The Bertz CT molecular complexity index is 553. The highest BCUT2D eigenvalue weighted by molar-refractivity contribution is 9.10. The highest BCUT2D eigenvalue weighted by Gasteiger charge is 2.15. The molecule has 1 unspecified atom stereocenters. The topological polar surface area (TPSA) is 29.9 Å². The lowest BCUT2D eigenvalue weighted by Gasteiger charge is -2.19. The van der Waals surface area contributed by atoms with E-state index in [4.69, 9.17) is 11.6 Å². The molecule has 0 spiro atoms. The monoisotopic (exact) mass is 341 g/mol. The number of hydrogen-bond acceptors (Lipinski definition) is 2. The van der Waals surface area contributed by atoms with Gasteiger partial charge in [0.2, 0.25) is 0 Å². The highest BCUT2D eigenvalue weighted by atomic mass is 79.9. The molecule has 0 saturated heterocycles. The molecular formula is C14H17BrClN3. The van der Waals surface area contributed by atoms with Gasteiger partial charge in [-0.3, -0.25) is 4.68 Å². The molecular weight excluding hydrogens is 326 g/mol. The number of nitrogens with zero attached hydrogens (tertiary/aromatic N) is 2. The number of likely N-dealkylation sites (N-methyl/N-ethyl adjacent to an activating group) is 1. The van der Waals surface area contributed by atoms with Crippen LogP contribution in [0.4, 0.5) is 0 Å². The molecule has 0 fully saturated rings. The molecule has 0 radical (unpaired) electrons. The minimum absolute atomic E-state index is 0.194. The average Bonchev–Trinajstić information content (AvgIpc) is 2.77. The Morgan fingerprint density at radius 1 is 1.47 bits per heavy atom. The van der Waals surface area contributed by atoms with Gasteiger partial charge in [0, 0.05) is 28.8 Å². The predicted octanol–water partition coefficient (Wildman–Crippen LogP) is 3.73. The third-order valence-corrected chi connectivity index (χ3v) is 3.82. The SMILES string of the molecule is CCNC(Cc1cnn(C)c1)c1cc(Br)ccc1Cl. The molecule has 0 bridgehead atoms. The third kappa shape index (κ3) is 3.81. The van der Waals surface area contributed by atoms with Crippen LogP contribution < -0.4 is 5.32 Å². The fourth-order valence-electron chi connectivity index (χ4n) is 2.13. The fourth-order valence-corrected chi connectivity index (χ4v) is 2.76. The Hall–Kier alpha value is -0.840. The predicted molar refractivity (Wildman–Crippen MR) is 82.5 cm³/mol. The lowest BCUT2D eigenvalue weighted by atomic mass is 10.0. The molecule has 1 aromatic carbocycles. The van der Waals surface area contributed by atoms with Crippen LogP contribution in [0.25, 0.3) is 0 Å². The van der Waals surface area contributed by atoms with Crippen LogP contribution in [0, 0.1) is 0 Å². The number of aromatic nitrogens is 2. The average molecular weight is 343 g/mol. The van der Waals surface area contributed by atoms with Crippen LogP contribution in [-0.2, 0) is 13.5 Å². The number of benzene rings is 1. The van der Waals surface area contributed by atoms with Crippen molar-refractivity contribution in [1.82, 2.24) is 15.1 Å². The van der Waals surface area contributed by atoms with Gasteiger partial charge in [-0.1, -0.05) is 34.5 Å². The summed E-state index contributed by atoms with van der Waals surface area (Å²) < 4.78 is 2.86. The van der Waals surface area contributed by atoms with Gasteiger partial charge in [-0.2, -0.15) is 5.10 Å². The van der Waals surface area contributed by atoms with Crippen LogP contribution >= 0.6 is 27.5 Å². The first kappa shape index (κ1) is 14.6. The van der Waals surface area contributed by atoms with Crippen LogP contribution in [0.2, 0.25) is 5.02 Å². The summed E-state index contributed by atoms with van der Waals surface area (Å²) in [5.41, 5.74) is 2.31. The first-order valence-electron chi connectivity index (χ1n) is 6.26. The maximum atomic E-state index is 6.32. The molecule has 0 saturated carbocycles. The summed E-state index contributed by atoms with van der Waals surface area (Å²) in [6.45, 7) is 3.00. The van der Waals surface area contributed by atoms with Gasteiger partial charge in [0.25, 0.3) is 0 Å². The third-order valence-electron chi connectivity index (χ3n) is 2.98. The molecule has 1 heterocycles. The molecule has 0 amide bonds. The fraction of sp³-hybridized carbons (Fsp3) is 0.357. The number of nitrogens with one attached hydrogen (secondary N) is 1. The van der Waals surface area contributed by atoms with Crippen LogP contribution in [0.1, 0.15) is 24.1 Å². The zero-order chi connectivity index (χ0) is 13.8. The second-order valence-corrected chi connectivity index (χ2v) is 5.83. The van der Waals surface area contributed by atoms with Crippen molar-refractivity contribution < 1.29 is 0 Å². The molecule has 1 atom stereocenters. The summed E-state index contributed by atoms with van der Waals surface area (Å²) in [5.74, 6) is 0. The molecule has 0 aliphatic rings. The van der Waals surface area contributed by atoms with E-state index in [0.717, 1.165) is 28.0 Å². The van der Waals surface area contributed by atoms with E-state index in [1.165, 1.54) is 5.56 Å². The molecule has 2 rings (SSSR count). The minimum atomic E-state index is 0.194. The summed E-state index contributed by atoms with van der Waals surface area (Å²) in [4.78, 5) is 0. The van der Waals surface area contributed by atoms with E-state index in [0.29, 0.717) is 0 Å². The Kier molecular flexibility index (Phi) is 5.02. The first-order chi connectivity index (χ1) is 9.10. The standard InChI is InChI=1S/C14H17BrClN3/c1-3-17-14(6-10-8-18-19(2)9-10)12-7-11(15)4-5-13(12)16/h4-5,7-9,14,17H,3,6H2,1-2H3. The van der Waals surface area contributed by atoms with Crippen molar-refractivity contribution in [3.05, 3.63) is 51.2 Å². The van der Waals surface area contributed by atoms with Crippen molar-refractivity contribution >= 4 is 27.5 Å². The number of halogens is 2. The Labute approximate surface area is 127 Å². The maximum absolute atomic E-state index is 6.32. The molecule has 0 aliphatic carbocycles. The molecule has 19 heavy (non-hydrogen) atoms. The molecule has 3 nitrogen and oxygen atoms in total. The van der Waals surface area contributed by atoms with Gasteiger partial charge in [-0.15, -0.1) is 0 Å². The molecule has 1 N–H and O–H groups in total. The van der Waals surface area contributed by atoms with E-state index in [1.807, 2.05) is 36.3 Å². The normalized spacial score (nSPS) is 12.6. The summed E-state index contributed by atoms with van der Waals surface area (Å²) in [6.07, 6.45) is 4.81.